The first kappa shape index (κ1) is 21.3. The number of fused-ring (bicyclic) bond motifs is 1. The zero-order chi connectivity index (χ0) is 21.8. The molecular formula is C24H21ClN2O3S. The van der Waals surface area contributed by atoms with Crippen molar-refractivity contribution in [3.8, 4) is 5.75 Å². The molecule has 0 radical (unpaired) electrons. The minimum Gasteiger partial charge on any atom is -0.495 e. The van der Waals surface area contributed by atoms with E-state index in [0.29, 0.717) is 22.9 Å². The van der Waals surface area contributed by atoms with E-state index in [2.05, 4.69) is 5.32 Å². The molecule has 0 bridgehead atoms. The van der Waals surface area contributed by atoms with Gasteiger partial charge in [0.2, 0.25) is 11.8 Å². The van der Waals surface area contributed by atoms with Gasteiger partial charge in [-0.15, -0.1) is 11.8 Å². The Kier molecular flexibility index (Phi) is 6.49. The standard InChI is InChI=1S/C24H21ClN2O3S/c1-30-20-12-11-17(25)13-18(20)26-23(28)15-27-19-9-5-6-10-21(19)31-22(14-24(27)29)16-7-3-2-4-8-16/h2-13,22H,14-15H2,1H3,(H,26,28)/t22-/m0/s1. The fourth-order valence-electron chi connectivity index (χ4n) is 3.52. The summed E-state index contributed by atoms with van der Waals surface area (Å²) >= 11 is 7.71. The molecule has 31 heavy (non-hydrogen) atoms. The molecule has 1 aliphatic rings. The minimum absolute atomic E-state index is 0.0177. The maximum absolute atomic E-state index is 13.2. The molecule has 0 fully saturated rings. The fraction of sp³-hybridized carbons (Fsp3) is 0.167. The summed E-state index contributed by atoms with van der Waals surface area (Å²) in [5.74, 6) is 0.0754. The van der Waals surface area contributed by atoms with E-state index in [9.17, 15) is 9.59 Å². The average molecular weight is 453 g/mol. The van der Waals surface area contributed by atoms with Crippen molar-refractivity contribution in [3.63, 3.8) is 0 Å². The predicted octanol–water partition coefficient (Wildman–Crippen LogP) is 5.56. The molecule has 1 atom stereocenters. The Morgan fingerprint density at radius 3 is 2.65 bits per heavy atom. The molecule has 5 nitrogen and oxygen atoms in total. The van der Waals surface area contributed by atoms with Crippen LogP contribution in [0.1, 0.15) is 17.2 Å². The van der Waals surface area contributed by atoms with E-state index in [-0.39, 0.29) is 23.6 Å². The van der Waals surface area contributed by atoms with Crippen LogP contribution < -0.4 is 15.0 Å². The lowest BCUT2D eigenvalue weighted by Gasteiger charge is -2.22. The Hall–Kier alpha value is -2.96. The quantitative estimate of drug-likeness (QED) is 0.550. The Labute approximate surface area is 190 Å². The lowest BCUT2D eigenvalue weighted by atomic mass is 10.1. The van der Waals surface area contributed by atoms with Crippen LogP contribution in [0.5, 0.6) is 5.75 Å². The SMILES string of the molecule is COc1ccc(Cl)cc1NC(=O)CN1C(=O)C[C@@H](c2ccccc2)Sc2ccccc21. The van der Waals surface area contributed by atoms with Gasteiger partial charge in [-0.2, -0.15) is 0 Å². The first-order valence-corrected chi connectivity index (χ1v) is 11.1. The number of nitrogens with one attached hydrogen (secondary N) is 1. The smallest absolute Gasteiger partial charge is 0.244 e. The monoisotopic (exact) mass is 452 g/mol. The van der Waals surface area contributed by atoms with Crippen molar-refractivity contribution in [3.05, 3.63) is 83.4 Å². The van der Waals surface area contributed by atoms with Gasteiger partial charge in [-0.3, -0.25) is 9.59 Å². The minimum atomic E-state index is -0.327. The van der Waals surface area contributed by atoms with Crippen molar-refractivity contribution in [1.82, 2.24) is 0 Å². The Bertz CT molecular complexity index is 1110. The van der Waals surface area contributed by atoms with Crippen molar-refractivity contribution in [2.45, 2.75) is 16.6 Å². The van der Waals surface area contributed by atoms with Crippen LogP contribution in [0.15, 0.2) is 77.7 Å². The highest BCUT2D eigenvalue weighted by Crippen LogP contribution is 2.45. The summed E-state index contributed by atoms with van der Waals surface area (Å²) in [5.41, 5.74) is 2.29. The molecule has 1 N–H and O–H groups in total. The number of carbonyl (C=O) groups excluding carboxylic acids is 2. The number of hydrogen-bond acceptors (Lipinski definition) is 4. The van der Waals surface area contributed by atoms with Crippen LogP contribution in [0.2, 0.25) is 5.02 Å². The summed E-state index contributed by atoms with van der Waals surface area (Å²) in [4.78, 5) is 28.6. The number of anilines is 2. The molecule has 2 amide bonds. The van der Waals surface area contributed by atoms with Crippen molar-refractivity contribution in [1.29, 1.82) is 0 Å². The van der Waals surface area contributed by atoms with E-state index in [4.69, 9.17) is 16.3 Å². The molecule has 4 rings (SSSR count). The zero-order valence-corrected chi connectivity index (χ0v) is 18.5. The van der Waals surface area contributed by atoms with Gasteiger partial charge in [-0.1, -0.05) is 54.1 Å². The van der Waals surface area contributed by atoms with Crippen LogP contribution in [0.25, 0.3) is 0 Å². The van der Waals surface area contributed by atoms with Crippen molar-refractivity contribution in [2.24, 2.45) is 0 Å². The molecule has 0 saturated carbocycles. The maximum Gasteiger partial charge on any atom is 0.244 e. The van der Waals surface area contributed by atoms with Gasteiger partial charge in [-0.25, -0.2) is 0 Å². The van der Waals surface area contributed by atoms with Gasteiger partial charge >= 0.3 is 0 Å². The van der Waals surface area contributed by atoms with Crippen LogP contribution in [0.3, 0.4) is 0 Å². The Balaban J connectivity index is 1.59. The van der Waals surface area contributed by atoms with Gasteiger partial charge in [0.25, 0.3) is 0 Å². The van der Waals surface area contributed by atoms with Gasteiger partial charge in [-0.05, 0) is 35.9 Å². The molecule has 3 aromatic carbocycles. The van der Waals surface area contributed by atoms with Crippen molar-refractivity contribution >= 4 is 46.6 Å². The second-order valence-electron chi connectivity index (χ2n) is 7.06. The number of thioether (sulfide) groups is 1. The third-order valence-corrected chi connectivity index (χ3v) is 6.55. The molecular weight excluding hydrogens is 432 g/mol. The van der Waals surface area contributed by atoms with Gasteiger partial charge in [0, 0.05) is 21.6 Å². The molecule has 1 aliphatic heterocycles. The molecule has 0 aromatic heterocycles. The zero-order valence-electron chi connectivity index (χ0n) is 16.9. The number of nitrogens with zero attached hydrogens (tertiary/aromatic N) is 1. The van der Waals surface area contributed by atoms with E-state index >= 15 is 0 Å². The van der Waals surface area contributed by atoms with Gasteiger partial charge in [0.15, 0.2) is 0 Å². The first-order valence-electron chi connectivity index (χ1n) is 9.79. The van der Waals surface area contributed by atoms with Crippen molar-refractivity contribution < 1.29 is 14.3 Å². The maximum atomic E-state index is 13.2. The van der Waals surface area contributed by atoms with Gasteiger partial charge in [0.05, 0.1) is 18.5 Å². The topological polar surface area (TPSA) is 58.6 Å². The number of methoxy groups -OCH3 is 1. The molecule has 0 saturated heterocycles. The van der Waals surface area contributed by atoms with E-state index in [1.807, 2.05) is 54.6 Å². The van der Waals surface area contributed by atoms with Crippen LogP contribution in [-0.2, 0) is 9.59 Å². The summed E-state index contributed by atoms with van der Waals surface area (Å²) in [5, 5.41) is 3.28. The van der Waals surface area contributed by atoms with E-state index in [0.717, 1.165) is 16.1 Å². The van der Waals surface area contributed by atoms with Crippen LogP contribution in [-0.4, -0.2) is 25.5 Å². The van der Waals surface area contributed by atoms with E-state index in [1.54, 1.807) is 34.9 Å². The second-order valence-corrected chi connectivity index (χ2v) is 8.74. The van der Waals surface area contributed by atoms with Gasteiger partial charge < -0.3 is 15.0 Å². The second kappa shape index (κ2) is 9.45. The molecule has 158 valence electrons. The third-order valence-electron chi connectivity index (χ3n) is 5.00. The molecule has 7 heteroatoms. The van der Waals surface area contributed by atoms with E-state index in [1.165, 1.54) is 7.11 Å². The molecule has 0 spiro atoms. The van der Waals surface area contributed by atoms with Crippen LogP contribution >= 0.6 is 23.4 Å². The summed E-state index contributed by atoms with van der Waals surface area (Å²) < 4.78 is 5.29. The van der Waals surface area contributed by atoms with Crippen LogP contribution in [0.4, 0.5) is 11.4 Å². The highest BCUT2D eigenvalue weighted by Gasteiger charge is 2.30. The van der Waals surface area contributed by atoms with E-state index < -0.39 is 0 Å². The Morgan fingerprint density at radius 1 is 1.13 bits per heavy atom. The lowest BCUT2D eigenvalue weighted by Crippen LogP contribution is -2.38. The number of carbonyl (C=O) groups is 2. The number of benzene rings is 3. The fourth-order valence-corrected chi connectivity index (χ4v) is 4.97. The number of rotatable bonds is 5. The summed E-state index contributed by atoms with van der Waals surface area (Å²) in [6, 6.07) is 22.6. The highest BCUT2D eigenvalue weighted by atomic mass is 35.5. The normalized spacial score (nSPS) is 15.7. The third kappa shape index (κ3) is 4.86. The van der Waals surface area contributed by atoms with Crippen LogP contribution in [0, 0.1) is 0 Å². The average Bonchev–Trinajstić information content (AvgIpc) is 2.91. The number of halogens is 1. The van der Waals surface area contributed by atoms with Gasteiger partial charge in [0.1, 0.15) is 12.3 Å². The number of ether oxygens (including phenoxy) is 1. The highest BCUT2D eigenvalue weighted by molar-refractivity contribution is 7.99. The summed E-state index contributed by atoms with van der Waals surface area (Å²) in [7, 11) is 1.52. The molecule has 0 unspecified atom stereocenters. The number of hydrogen-bond donors (Lipinski definition) is 1. The predicted molar refractivity (Wildman–Crippen MR) is 125 cm³/mol. The summed E-state index contributed by atoms with van der Waals surface area (Å²) in [6.45, 7) is -0.104. The first-order chi connectivity index (χ1) is 15.0. The number of amides is 2. The molecule has 3 aromatic rings. The lowest BCUT2D eigenvalue weighted by molar-refractivity contribution is -0.121. The largest absolute Gasteiger partial charge is 0.495 e. The molecule has 0 aliphatic carbocycles. The summed E-state index contributed by atoms with van der Waals surface area (Å²) in [6.07, 6.45) is 0.303. The Morgan fingerprint density at radius 2 is 1.87 bits per heavy atom. The van der Waals surface area contributed by atoms with Crippen molar-refractivity contribution in [2.75, 3.05) is 23.9 Å². The number of para-hydroxylation sites is 1. The molecule has 1 heterocycles.